The second-order valence-corrected chi connectivity index (χ2v) is 5.86. The number of piperidine rings is 3. The maximum absolute atomic E-state index is 11.2. The van der Waals surface area contributed by atoms with Crippen LogP contribution < -0.4 is 5.73 Å². The molecule has 0 aromatic carbocycles. The molecule has 3 aliphatic heterocycles. The Labute approximate surface area is 116 Å². The normalized spacial score (nSPS) is 28.9. The highest BCUT2D eigenvalue weighted by Gasteiger charge is 2.36. The number of hydrogen-bond donors (Lipinski definition) is 1. The van der Waals surface area contributed by atoms with Crippen LogP contribution in [0.2, 0.25) is 0 Å². The van der Waals surface area contributed by atoms with Crippen LogP contribution in [-0.2, 0) is 0 Å². The number of carbonyl (C=O) groups excluding carboxylic acids is 1. The van der Waals surface area contributed by atoms with Gasteiger partial charge in [0.05, 0.1) is 6.20 Å². The lowest BCUT2D eigenvalue weighted by molar-refractivity contribution is 0.0787. The molecule has 3 aliphatic rings. The van der Waals surface area contributed by atoms with Gasteiger partial charge in [-0.25, -0.2) is 4.98 Å². The van der Waals surface area contributed by atoms with Gasteiger partial charge in [0.2, 0.25) is 0 Å². The van der Waals surface area contributed by atoms with E-state index in [1.807, 2.05) is 0 Å². The summed E-state index contributed by atoms with van der Waals surface area (Å²) in [6.45, 7) is 3.52. The molecule has 5 heterocycles. The maximum Gasteiger partial charge on any atom is 0.267 e. The molecule has 2 N–H and O–H groups in total. The Morgan fingerprint density at radius 1 is 1.35 bits per heavy atom. The van der Waals surface area contributed by atoms with Crippen molar-refractivity contribution in [1.29, 1.82) is 0 Å². The Balaban J connectivity index is 1.72. The average Bonchev–Trinajstić information content (AvgIpc) is 2.91. The third kappa shape index (κ3) is 1.81. The lowest BCUT2D eigenvalue weighted by Crippen LogP contribution is -2.46. The summed E-state index contributed by atoms with van der Waals surface area (Å²) >= 11 is 0. The van der Waals surface area contributed by atoms with Gasteiger partial charge >= 0.3 is 0 Å². The first-order chi connectivity index (χ1) is 9.70. The first-order valence-corrected chi connectivity index (χ1v) is 7.12. The topological polar surface area (TPSA) is 72.4 Å². The highest BCUT2D eigenvalue weighted by Crippen LogP contribution is 2.40. The van der Waals surface area contributed by atoms with Crippen molar-refractivity contribution in [2.75, 3.05) is 19.6 Å². The molecule has 5 rings (SSSR count). The SMILES string of the molecule is NC(=O)c1cc2cc([C@@H]3CN4CCC3CC4)oc2cn1. The van der Waals surface area contributed by atoms with Crippen molar-refractivity contribution in [2.45, 2.75) is 18.8 Å². The molecule has 3 fully saturated rings. The zero-order chi connectivity index (χ0) is 13.7. The Kier molecular flexibility index (Phi) is 2.57. The van der Waals surface area contributed by atoms with Crippen LogP contribution in [0.1, 0.15) is 35.0 Å². The number of nitrogens with two attached hydrogens (primary N) is 1. The van der Waals surface area contributed by atoms with E-state index in [0.717, 1.165) is 29.2 Å². The van der Waals surface area contributed by atoms with Gasteiger partial charge in [0, 0.05) is 17.8 Å². The Bertz CT molecular complexity index is 671. The van der Waals surface area contributed by atoms with Gasteiger partial charge in [0.25, 0.3) is 5.91 Å². The van der Waals surface area contributed by atoms with E-state index in [2.05, 4.69) is 16.0 Å². The molecular formula is C15H17N3O2. The van der Waals surface area contributed by atoms with Gasteiger partial charge in [-0.3, -0.25) is 4.79 Å². The molecule has 2 aromatic heterocycles. The predicted molar refractivity (Wildman–Crippen MR) is 74.4 cm³/mol. The summed E-state index contributed by atoms with van der Waals surface area (Å²) in [5.74, 6) is 1.72. The van der Waals surface area contributed by atoms with E-state index in [0.29, 0.717) is 11.6 Å². The zero-order valence-corrected chi connectivity index (χ0v) is 11.2. The largest absolute Gasteiger partial charge is 0.459 e. The average molecular weight is 271 g/mol. The number of fused-ring (bicyclic) bond motifs is 4. The van der Waals surface area contributed by atoms with Gasteiger partial charge in [-0.1, -0.05) is 0 Å². The van der Waals surface area contributed by atoms with Crippen molar-refractivity contribution in [3.63, 3.8) is 0 Å². The molecule has 0 spiro atoms. The molecule has 1 amide bonds. The van der Waals surface area contributed by atoms with Crippen LogP contribution in [0.4, 0.5) is 0 Å². The van der Waals surface area contributed by atoms with Crippen LogP contribution in [0.25, 0.3) is 11.0 Å². The van der Waals surface area contributed by atoms with Crippen LogP contribution in [0, 0.1) is 5.92 Å². The molecular weight excluding hydrogens is 254 g/mol. The molecule has 1 atom stereocenters. The van der Waals surface area contributed by atoms with E-state index in [1.165, 1.54) is 25.9 Å². The molecule has 0 saturated carbocycles. The molecule has 0 aliphatic carbocycles. The third-order valence-corrected chi connectivity index (χ3v) is 4.70. The minimum atomic E-state index is -0.502. The molecule has 2 aromatic rings. The van der Waals surface area contributed by atoms with Crippen molar-refractivity contribution >= 4 is 16.9 Å². The number of hydrogen-bond acceptors (Lipinski definition) is 4. The first kappa shape index (κ1) is 11.9. The summed E-state index contributed by atoms with van der Waals surface area (Å²) in [5.41, 5.74) is 6.29. The van der Waals surface area contributed by atoms with Crippen molar-refractivity contribution in [3.8, 4) is 0 Å². The van der Waals surface area contributed by atoms with E-state index in [9.17, 15) is 4.79 Å². The highest BCUT2D eigenvalue weighted by atomic mass is 16.3. The second-order valence-electron chi connectivity index (χ2n) is 5.86. The van der Waals surface area contributed by atoms with E-state index in [1.54, 1.807) is 12.3 Å². The molecule has 0 radical (unpaired) electrons. The van der Waals surface area contributed by atoms with Crippen LogP contribution in [0.5, 0.6) is 0 Å². The van der Waals surface area contributed by atoms with Gasteiger partial charge in [-0.05, 0) is 44.0 Å². The smallest absolute Gasteiger partial charge is 0.267 e. The van der Waals surface area contributed by atoms with Crippen molar-refractivity contribution in [2.24, 2.45) is 11.7 Å². The van der Waals surface area contributed by atoms with E-state index in [4.69, 9.17) is 10.2 Å². The zero-order valence-electron chi connectivity index (χ0n) is 11.2. The fourth-order valence-corrected chi connectivity index (χ4v) is 3.57. The fraction of sp³-hybridized carbons (Fsp3) is 0.467. The summed E-state index contributed by atoms with van der Waals surface area (Å²) < 4.78 is 5.95. The summed E-state index contributed by atoms with van der Waals surface area (Å²) in [4.78, 5) is 17.7. The van der Waals surface area contributed by atoms with Crippen molar-refractivity contribution in [3.05, 3.63) is 29.8 Å². The molecule has 3 saturated heterocycles. The third-order valence-electron chi connectivity index (χ3n) is 4.70. The number of rotatable bonds is 2. The molecule has 5 nitrogen and oxygen atoms in total. The Hall–Kier alpha value is -1.88. The molecule has 20 heavy (non-hydrogen) atoms. The van der Waals surface area contributed by atoms with E-state index in [-0.39, 0.29) is 0 Å². The van der Waals surface area contributed by atoms with Gasteiger partial charge in [-0.15, -0.1) is 0 Å². The Morgan fingerprint density at radius 3 is 2.80 bits per heavy atom. The summed E-state index contributed by atoms with van der Waals surface area (Å²) in [6, 6.07) is 3.77. The van der Waals surface area contributed by atoms with Crippen LogP contribution >= 0.6 is 0 Å². The number of amides is 1. The van der Waals surface area contributed by atoms with E-state index < -0.39 is 5.91 Å². The molecule has 5 heteroatoms. The number of pyridine rings is 1. The minimum Gasteiger partial charge on any atom is -0.459 e. The number of aromatic nitrogens is 1. The first-order valence-electron chi connectivity index (χ1n) is 7.12. The predicted octanol–water partition coefficient (Wildman–Crippen LogP) is 1.74. The summed E-state index contributed by atoms with van der Waals surface area (Å²) in [6.07, 6.45) is 4.11. The molecule has 2 bridgehead atoms. The van der Waals surface area contributed by atoms with E-state index >= 15 is 0 Å². The summed E-state index contributed by atoms with van der Waals surface area (Å²) in [7, 11) is 0. The van der Waals surface area contributed by atoms with Gasteiger partial charge < -0.3 is 15.1 Å². The number of furan rings is 1. The Morgan fingerprint density at radius 2 is 2.15 bits per heavy atom. The van der Waals surface area contributed by atoms with Crippen LogP contribution in [0.15, 0.2) is 22.7 Å². The van der Waals surface area contributed by atoms with Crippen LogP contribution in [0.3, 0.4) is 0 Å². The van der Waals surface area contributed by atoms with Gasteiger partial charge in [-0.2, -0.15) is 0 Å². The molecule has 104 valence electrons. The highest BCUT2D eigenvalue weighted by molar-refractivity contribution is 5.94. The number of nitrogens with zero attached hydrogens (tertiary/aromatic N) is 2. The van der Waals surface area contributed by atoms with Gasteiger partial charge in [0.1, 0.15) is 11.5 Å². The van der Waals surface area contributed by atoms with Crippen LogP contribution in [-0.4, -0.2) is 35.4 Å². The number of carbonyl (C=O) groups is 1. The number of primary amides is 1. The standard InChI is InChI=1S/C15H17N3O2/c16-15(19)12-5-10-6-13(20-14(10)7-17-12)11-8-18-3-1-9(11)2-4-18/h5-7,9,11H,1-4,8H2,(H2,16,19)/t11-/m1/s1. The monoisotopic (exact) mass is 271 g/mol. The lowest BCUT2D eigenvalue weighted by Gasteiger charge is -2.43. The second kappa shape index (κ2) is 4.31. The summed E-state index contributed by atoms with van der Waals surface area (Å²) in [5, 5.41) is 0.917. The minimum absolute atomic E-state index is 0.291. The van der Waals surface area contributed by atoms with Crippen molar-refractivity contribution in [1.82, 2.24) is 9.88 Å². The quantitative estimate of drug-likeness (QED) is 0.903. The fourth-order valence-electron chi connectivity index (χ4n) is 3.57. The van der Waals surface area contributed by atoms with Gasteiger partial charge in [0.15, 0.2) is 5.58 Å². The lowest BCUT2D eigenvalue weighted by atomic mass is 9.78. The van der Waals surface area contributed by atoms with Crippen molar-refractivity contribution < 1.29 is 9.21 Å². The maximum atomic E-state index is 11.2. The molecule has 0 unspecified atom stereocenters.